The fourth-order valence-corrected chi connectivity index (χ4v) is 2.49. The van der Waals surface area contributed by atoms with Gasteiger partial charge in [0, 0.05) is 16.8 Å². The molecule has 1 N–H and O–H groups in total. The van der Waals surface area contributed by atoms with Crippen molar-refractivity contribution in [1.82, 2.24) is 0 Å². The van der Waals surface area contributed by atoms with E-state index in [0.29, 0.717) is 17.3 Å². The number of nitrogens with zero attached hydrogens (tertiary/aromatic N) is 1. The molecule has 5 heteroatoms. The largest absolute Gasteiger partial charge is 0.489 e. The lowest BCUT2D eigenvalue weighted by atomic mass is 10.2. The van der Waals surface area contributed by atoms with Crippen LogP contribution in [0.3, 0.4) is 0 Å². The SMILES string of the molecule is O=C(O)c1cccc(N=Cc2ccc(OCc3ccccc3Cl)cc2)c1. The number of carbonyl (C=O) groups is 1. The van der Waals surface area contributed by atoms with Crippen molar-refractivity contribution in [2.75, 3.05) is 0 Å². The number of ether oxygens (including phenoxy) is 1. The molecule has 0 radical (unpaired) electrons. The smallest absolute Gasteiger partial charge is 0.335 e. The molecule has 0 aliphatic heterocycles. The van der Waals surface area contributed by atoms with Crippen LogP contribution in [0.1, 0.15) is 21.5 Å². The van der Waals surface area contributed by atoms with Crippen molar-refractivity contribution in [3.05, 3.63) is 94.5 Å². The summed E-state index contributed by atoms with van der Waals surface area (Å²) in [6.07, 6.45) is 1.68. The van der Waals surface area contributed by atoms with E-state index >= 15 is 0 Å². The third-order valence-electron chi connectivity index (χ3n) is 3.69. The van der Waals surface area contributed by atoms with Crippen LogP contribution in [0.4, 0.5) is 5.69 Å². The van der Waals surface area contributed by atoms with Crippen molar-refractivity contribution < 1.29 is 14.6 Å². The third-order valence-corrected chi connectivity index (χ3v) is 4.06. The molecule has 0 spiro atoms. The average molecular weight is 366 g/mol. The van der Waals surface area contributed by atoms with Crippen molar-refractivity contribution >= 4 is 29.5 Å². The van der Waals surface area contributed by atoms with Gasteiger partial charge < -0.3 is 9.84 Å². The van der Waals surface area contributed by atoms with E-state index in [-0.39, 0.29) is 5.56 Å². The van der Waals surface area contributed by atoms with Crippen LogP contribution in [0.2, 0.25) is 5.02 Å². The zero-order valence-electron chi connectivity index (χ0n) is 13.8. The predicted octanol–water partition coefficient (Wildman–Crippen LogP) is 5.37. The van der Waals surface area contributed by atoms with Gasteiger partial charge in [0.05, 0.1) is 11.3 Å². The number of carboxylic acids is 1. The summed E-state index contributed by atoms with van der Waals surface area (Å²) in [6, 6.07) is 21.5. The average Bonchev–Trinajstić information content (AvgIpc) is 2.67. The molecule has 0 aliphatic carbocycles. The Morgan fingerprint density at radius 1 is 1.04 bits per heavy atom. The fourth-order valence-electron chi connectivity index (χ4n) is 2.29. The first-order chi connectivity index (χ1) is 12.6. The van der Waals surface area contributed by atoms with Gasteiger partial charge in [0.25, 0.3) is 0 Å². The molecule has 3 aromatic carbocycles. The lowest BCUT2D eigenvalue weighted by Gasteiger charge is -2.07. The van der Waals surface area contributed by atoms with Crippen LogP contribution < -0.4 is 4.74 Å². The number of halogens is 1. The van der Waals surface area contributed by atoms with Crippen LogP contribution in [-0.4, -0.2) is 17.3 Å². The fraction of sp³-hybridized carbons (Fsp3) is 0.0476. The molecule has 26 heavy (non-hydrogen) atoms. The Morgan fingerprint density at radius 3 is 2.54 bits per heavy atom. The highest BCUT2D eigenvalue weighted by atomic mass is 35.5. The molecular weight excluding hydrogens is 350 g/mol. The monoisotopic (exact) mass is 365 g/mol. The predicted molar refractivity (Wildman–Crippen MR) is 103 cm³/mol. The van der Waals surface area contributed by atoms with Gasteiger partial charge in [0.1, 0.15) is 12.4 Å². The second kappa shape index (κ2) is 8.32. The standard InChI is InChI=1S/C21H16ClNO3/c22-20-7-2-1-4-17(20)14-26-19-10-8-15(9-11-19)13-23-18-6-3-5-16(12-18)21(24)25/h1-13H,14H2,(H,24,25). The van der Waals surface area contributed by atoms with Crippen LogP contribution in [0.5, 0.6) is 5.75 Å². The van der Waals surface area contributed by atoms with Crippen LogP contribution in [-0.2, 0) is 6.61 Å². The third kappa shape index (κ3) is 4.71. The van der Waals surface area contributed by atoms with Crippen molar-refractivity contribution in [2.24, 2.45) is 4.99 Å². The van der Waals surface area contributed by atoms with Gasteiger partial charge in [-0.05, 0) is 54.1 Å². The quantitative estimate of drug-likeness (QED) is 0.597. The molecule has 0 atom stereocenters. The second-order valence-electron chi connectivity index (χ2n) is 5.56. The summed E-state index contributed by atoms with van der Waals surface area (Å²) < 4.78 is 5.74. The molecule has 0 aromatic heterocycles. The molecule has 0 heterocycles. The summed E-state index contributed by atoms with van der Waals surface area (Å²) in [5, 5.41) is 9.68. The lowest BCUT2D eigenvalue weighted by Crippen LogP contribution is -1.96. The van der Waals surface area contributed by atoms with Gasteiger partial charge in [-0.3, -0.25) is 4.99 Å². The van der Waals surface area contributed by atoms with Gasteiger partial charge in [-0.15, -0.1) is 0 Å². The van der Waals surface area contributed by atoms with E-state index in [4.69, 9.17) is 21.4 Å². The molecule has 0 amide bonds. The minimum absolute atomic E-state index is 0.211. The highest BCUT2D eigenvalue weighted by Gasteiger charge is 2.02. The number of hydrogen-bond acceptors (Lipinski definition) is 3. The van der Waals surface area contributed by atoms with E-state index in [1.807, 2.05) is 48.5 Å². The molecule has 130 valence electrons. The summed E-state index contributed by atoms with van der Waals surface area (Å²) in [7, 11) is 0. The van der Waals surface area contributed by atoms with Crippen LogP contribution >= 0.6 is 11.6 Å². The number of hydrogen-bond donors (Lipinski definition) is 1. The normalized spacial score (nSPS) is 10.8. The maximum absolute atomic E-state index is 11.0. The summed E-state index contributed by atoms with van der Waals surface area (Å²) in [5.74, 6) is -0.239. The lowest BCUT2D eigenvalue weighted by molar-refractivity contribution is 0.0697. The number of aliphatic imine (C=N–C) groups is 1. The molecule has 0 bridgehead atoms. The highest BCUT2D eigenvalue weighted by molar-refractivity contribution is 6.31. The molecule has 0 unspecified atom stereocenters. The van der Waals surface area contributed by atoms with Gasteiger partial charge in [-0.2, -0.15) is 0 Å². The molecule has 0 fully saturated rings. The van der Waals surface area contributed by atoms with Crippen molar-refractivity contribution in [1.29, 1.82) is 0 Å². The van der Waals surface area contributed by atoms with Gasteiger partial charge in [-0.25, -0.2) is 4.79 Å². The van der Waals surface area contributed by atoms with Crippen molar-refractivity contribution in [3.63, 3.8) is 0 Å². The second-order valence-corrected chi connectivity index (χ2v) is 5.97. The maximum Gasteiger partial charge on any atom is 0.335 e. The zero-order valence-corrected chi connectivity index (χ0v) is 14.6. The summed E-state index contributed by atoms with van der Waals surface area (Å²) in [5.41, 5.74) is 2.61. The van der Waals surface area contributed by atoms with E-state index in [1.165, 1.54) is 12.1 Å². The molecule has 0 aliphatic rings. The van der Waals surface area contributed by atoms with Crippen LogP contribution in [0.15, 0.2) is 77.8 Å². The van der Waals surface area contributed by atoms with E-state index in [0.717, 1.165) is 16.9 Å². The Bertz CT molecular complexity index is 936. The first-order valence-electron chi connectivity index (χ1n) is 7.95. The Balaban J connectivity index is 1.63. The Labute approximate surface area is 156 Å². The topological polar surface area (TPSA) is 58.9 Å². The first-order valence-corrected chi connectivity index (χ1v) is 8.33. The van der Waals surface area contributed by atoms with Gasteiger partial charge in [-0.1, -0.05) is 35.9 Å². The van der Waals surface area contributed by atoms with E-state index in [9.17, 15) is 4.79 Å². The maximum atomic E-state index is 11.0. The molecule has 3 rings (SSSR count). The minimum atomic E-state index is -0.970. The van der Waals surface area contributed by atoms with Gasteiger partial charge in [0.15, 0.2) is 0 Å². The summed E-state index contributed by atoms with van der Waals surface area (Å²) in [6.45, 7) is 0.398. The number of carboxylic acid groups (broad SMARTS) is 1. The first kappa shape index (κ1) is 17.7. The number of benzene rings is 3. The van der Waals surface area contributed by atoms with Crippen molar-refractivity contribution in [3.8, 4) is 5.75 Å². The van der Waals surface area contributed by atoms with Crippen molar-refractivity contribution in [2.45, 2.75) is 6.61 Å². The van der Waals surface area contributed by atoms with Crippen LogP contribution in [0.25, 0.3) is 0 Å². The Morgan fingerprint density at radius 2 is 1.81 bits per heavy atom. The molecule has 0 saturated carbocycles. The number of rotatable bonds is 6. The number of aromatic carboxylic acids is 1. The van der Waals surface area contributed by atoms with Crippen LogP contribution in [0, 0.1) is 0 Å². The van der Waals surface area contributed by atoms with E-state index in [2.05, 4.69) is 4.99 Å². The molecule has 4 nitrogen and oxygen atoms in total. The minimum Gasteiger partial charge on any atom is -0.489 e. The molecule has 3 aromatic rings. The Kier molecular flexibility index (Phi) is 5.66. The van der Waals surface area contributed by atoms with E-state index in [1.54, 1.807) is 18.3 Å². The Hall–Kier alpha value is -3.11. The van der Waals surface area contributed by atoms with Gasteiger partial charge in [0.2, 0.25) is 0 Å². The zero-order chi connectivity index (χ0) is 18.4. The summed E-state index contributed by atoms with van der Waals surface area (Å²) in [4.78, 5) is 15.3. The molecular formula is C21H16ClNO3. The summed E-state index contributed by atoms with van der Waals surface area (Å²) >= 11 is 6.11. The van der Waals surface area contributed by atoms with E-state index < -0.39 is 5.97 Å². The van der Waals surface area contributed by atoms with Gasteiger partial charge >= 0.3 is 5.97 Å². The molecule has 0 saturated heterocycles. The highest BCUT2D eigenvalue weighted by Crippen LogP contribution is 2.19.